The van der Waals surface area contributed by atoms with Gasteiger partial charge in [-0.05, 0) is 23.6 Å². The highest BCUT2D eigenvalue weighted by molar-refractivity contribution is 6.28. The minimum atomic E-state index is -0.449. The third kappa shape index (κ3) is 3.48. The van der Waals surface area contributed by atoms with E-state index in [9.17, 15) is 9.59 Å². The third-order valence-electron chi connectivity index (χ3n) is 4.44. The molecule has 0 aliphatic heterocycles. The van der Waals surface area contributed by atoms with Crippen LogP contribution in [0.4, 0.5) is 0 Å². The first-order valence-corrected chi connectivity index (χ1v) is 9.11. The Bertz CT molecular complexity index is 1240. The molecule has 0 saturated heterocycles. The van der Waals surface area contributed by atoms with Crippen LogP contribution in [-0.2, 0) is 26.4 Å². The third-order valence-corrected chi connectivity index (χ3v) is 4.62. The Morgan fingerprint density at radius 2 is 1.96 bits per heavy atom. The van der Waals surface area contributed by atoms with E-state index in [0.29, 0.717) is 31.0 Å². The van der Waals surface area contributed by atoms with Crippen molar-refractivity contribution in [2.75, 3.05) is 0 Å². The Hall–Kier alpha value is -3.20. The molecule has 3 aromatic heterocycles. The van der Waals surface area contributed by atoms with E-state index in [1.165, 1.54) is 4.57 Å². The number of hydrogen-bond acceptors (Lipinski definition) is 6. The molecule has 0 amide bonds. The first-order valence-electron chi connectivity index (χ1n) is 8.73. The Labute approximate surface area is 163 Å². The molecule has 0 unspecified atom stereocenters. The number of H-pyrrole nitrogens is 1. The monoisotopic (exact) mass is 400 g/mol. The summed E-state index contributed by atoms with van der Waals surface area (Å²) < 4.78 is 7.73. The van der Waals surface area contributed by atoms with Crippen molar-refractivity contribution in [2.24, 2.45) is 7.05 Å². The SMILES string of the molecule is Cn1c(=O)n(CCCc2noc(Cc3ccccc3)n2)c(=O)c2[nH]c(Cl)nc21. The number of nitrogens with zero attached hydrogens (tertiary/aromatic N) is 5. The predicted octanol–water partition coefficient (Wildman–Crippen LogP) is 1.68. The quantitative estimate of drug-likeness (QED) is 0.493. The van der Waals surface area contributed by atoms with E-state index in [4.69, 9.17) is 16.1 Å². The highest BCUT2D eigenvalue weighted by Gasteiger charge is 2.15. The van der Waals surface area contributed by atoms with Crippen molar-refractivity contribution in [3.63, 3.8) is 0 Å². The molecule has 9 nitrogen and oxygen atoms in total. The summed E-state index contributed by atoms with van der Waals surface area (Å²) in [6, 6.07) is 9.83. The van der Waals surface area contributed by atoms with Crippen LogP contribution in [0.5, 0.6) is 0 Å². The summed E-state index contributed by atoms with van der Waals surface area (Å²) in [7, 11) is 1.55. The van der Waals surface area contributed by atoms with Crippen LogP contribution in [0.2, 0.25) is 5.28 Å². The summed E-state index contributed by atoms with van der Waals surface area (Å²) in [6.07, 6.45) is 1.55. The number of nitrogens with one attached hydrogen (secondary N) is 1. The minimum Gasteiger partial charge on any atom is -0.339 e. The van der Waals surface area contributed by atoms with Crippen molar-refractivity contribution in [1.29, 1.82) is 0 Å². The molecule has 0 aliphatic carbocycles. The number of aromatic amines is 1. The van der Waals surface area contributed by atoms with Gasteiger partial charge in [-0.25, -0.2) is 4.79 Å². The standard InChI is InChI=1S/C18H17ClN6O3/c1-24-15-14(21-17(19)22-15)16(26)25(18(24)27)9-5-8-12-20-13(28-23-12)10-11-6-3-2-4-7-11/h2-4,6-7H,5,8-10H2,1H3,(H,21,22). The van der Waals surface area contributed by atoms with Crippen LogP contribution >= 0.6 is 11.6 Å². The van der Waals surface area contributed by atoms with Crippen LogP contribution in [0.25, 0.3) is 11.2 Å². The average molecular weight is 401 g/mol. The van der Waals surface area contributed by atoms with Gasteiger partial charge in [-0.2, -0.15) is 9.97 Å². The van der Waals surface area contributed by atoms with E-state index < -0.39 is 11.2 Å². The van der Waals surface area contributed by atoms with Crippen molar-refractivity contribution >= 4 is 22.8 Å². The summed E-state index contributed by atoms with van der Waals surface area (Å²) in [6.45, 7) is 0.223. The molecule has 1 aromatic carbocycles. The van der Waals surface area contributed by atoms with E-state index in [2.05, 4.69) is 20.1 Å². The molecule has 0 spiro atoms. The molecule has 144 valence electrons. The van der Waals surface area contributed by atoms with Crippen molar-refractivity contribution < 1.29 is 4.52 Å². The molecular weight excluding hydrogens is 384 g/mol. The van der Waals surface area contributed by atoms with E-state index >= 15 is 0 Å². The number of aryl methyl sites for hydroxylation is 2. The zero-order valence-electron chi connectivity index (χ0n) is 15.1. The van der Waals surface area contributed by atoms with Crippen LogP contribution in [-0.4, -0.2) is 29.2 Å². The molecule has 0 radical (unpaired) electrons. The van der Waals surface area contributed by atoms with Gasteiger partial charge in [0.05, 0.1) is 6.42 Å². The lowest BCUT2D eigenvalue weighted by atomic mass is 10.1. The lowest BCUT2D eigenvalue weighted by molar-refractivity contribution is 0.378. The average Bonchev–Trinajstić information content (AvgIpc) is 3.30. The molecule has 0 saturated carbocycles. The molecule has 0 bridgehead atoms. The molecule has 0 fully saturated rings. The maximum atomic E-state index is 12.5. The number of benzene rings is 1. The molecule has 28 heavy (non-hydrogen) atoms. The number of fused-ring (bicyclic) bond motifs is 1. The highest BCUT2D eigenvalue weighted by atomic mass is 35.5. The normalized spacial score (nSPS) is 11.4. The number of hydrogen-bond donors (Lipinski definition) is 1. The lowest BCUT2D eigenvalue weighted by Crippen LogP contribution is -2.39. The first kappa shape index (κ1) is 18.2. The van der Waals surface area contributed by atoms with Crippen molar-refractivity contribution in [2.45, 2.75) is 25.8 Å². The highest BCUT2D eigenvalue weighted by Crippen LogP contribution is 2.10. The van der Waals surface area contributed by atoms with Crippen LogP contribution in [0.1, 0.15) is 23.7 Å². The second-order valence-electron chi connectivity index (χ2n) is 6.39. The lowest BCUT2D eigenvalue weighted by Gasteiger charge is -2.06. The summed E-state index contributed by atoms with van der Waals surface area (Å²) in [5.41, 5.74) is 0.630. The van der Waals surface area contributed by atoms with E-state index in [1.807, 2.05) is 30.3 Å². The molecule has 4 aromatic rings. The van der Waals surface area contributed by atoms with Crippen LogP contribution in [0.15, 0.2) is 44.4 Å². The van der Waals surface area contributed by atoms with Crippen molar-refractivity contribution in [1.82, 2.24) is 29.2 Å². The minimum absolute atomic E-state index is 0.0672. The van der Waals surface area contributed by atoms with Gasteiger partial charge < -0.3 is 9.51 Å². The van der Waals surface area contributed by atoms with Gasteiger partial charge in [0.25, 0.3) is 5.56 Å². The molecule has 0 aliphatic rings. The summed E-state index contributed by atoms with van der Waals surface area (Å²) in [5, 5.41) is 4.04. The second kappa shape index (κ2) is 7.43. The van der Waals surface area contributed by atoms with Crippen LogP contribution < -0.4 is 11.2 Å². The largest absolute Gasteiger partial charge is 0.339 e. The van der Waals surface area contributed by atoms with Gasteiger partial charge in [-0.3, -0.25) is 13.9 Å². The summed E-state index contributed by atoms with van der Waals surface area (Å²) in [5.74, 6) is 1.07. The molecular formula is C18H17ClN6O3. The number of halogens is 1. The van der Waals surface area contributed by atoms with E-state index in [0.717, 1.165) is 10.1 Å². The predicted molar refractivity (Wildman–Crippen MR) is 102 cm³/mol. The van der Waals surface area contributed by atoms with Gasteiger partial charge in [0.15, 0.2) is 17.0 Å². The van der Waals surface area contributed by atoms with Crippen molar-refractivity contribution in [3.05, 3.63) is 73.7 Å². The Morgan fingerprint density at radius 3 is 2.75 bits per heavy atom. The van der Waals surface area contributed by atoms with Gasteiger partial charge >= 0.3 is 5.69 Å². The maximum Gasteiger partial charge on any atom is 0.332 e. The fourth-order valence-corrected chi connectivity index (χ4v) is 3.22. The topological polar surface area (TPSA) is 112 Å². The van der Waals surface area contributed by atoms with Crippen LogP contribution in [0, 0.1) is 0 Å². The first-order chi connectivity index (χ1) is 13.5. The van der Waals surface area contributed by atoms with Gasteiger partial charge in [0.1, 0.15) is 0 Å². The molecule has 3 heterocycles. The maximum absolute atomic E-state index is 12.5. The van der Waals surface area contributed by atoms with Gasteiger partial charge in [0.2, 0.25) is 11.2 Å². The van der Waals surface area contributed by atoms with Gasteiger partial charge in [0, 0.05) is 20.0 Å². The Kier molecular flexibility index (Phi) is 4.82. The zero-order valence-corrected chi connectivity index (χ0v) is 15.8. The smallest absolute Gasteiger partial charge is 0.332 e. The van der Waals surface area contributed by atoms with E-state index in [1.54, 1.807) is 7.05 Å². The number of rotatable bonds is 6. The van der Waals surface area contributed by atoms with E-state index in [-0.39, 0.29) is 23.0 Å². The summed E-state index contributed by atoms with van der Waals surface area (Å²) >= 11 is 5.82. The fraction of sp³-hybridized carbons (Fsp3) is 0.278. The van der Waals surface area contributed by atoms with Crippen molar-refractivity contribution in [3.8, 4) is 0 Å². The number of aromatic nitrogens is 6. The zero-order chi connectivity index (χ0) is 19.7. The Balaban J connectivity index is 1.46. The number of imidazole rings is 1. The van der Waals surface area contributed by atoms with Gasteiger partial charge in [-0.1, -0.05) is 35.5 Å². The summed E-state index contributed by atoms with van der Waals surface area (Å²) in [4.78, 5) is 36.0. The van der Waals surface area contributed by atoms with Gasteiger partial charge in [-0.15, -0.1) is 0 Å². The fourth-order valence-electron chi connectivity index (χ4n) is 3.05. The van der Waals surface area contributed by atoms with Crippen LogP contribution in [0.3, 0.4) is 0 Å². The molecule has 4 rings (SSSR count). The Morgan fingerprint density at radius 1 is 1.18 bits per heavy atom. The second-order valence-corrected chi connectivity index (χ2v) is 6.75. The molecule has 1 N–H and O–H groups in total. The molecule has 10 heteroatoms. The molecule has 0 atom stereocenters.